The van der Waals surface area contributed by atoms with E-state index in [0.29, 0.717) is 30.4 Å². The molecular formula is C15H17NO5. The first-order valence-corrected chi connectivity index (χ1v) is 7.08. The van der Waals surface area contributed by atoms with Crippen molar-refractivity contribution in [1.29, 1.82) is 0 Å². The zero-order valence-corrected chi connectivity index (χ0v) is 11.6. The minimum Gasteiger partial charge on any atom is -0.490 e. The second-order valence-electron chi connectivity index (χ2n) is 5.14. The van der Waals surface area contributed by atoms with Crippen molar-refractivity contribution in [1.82, 2.24) is 0 Å². The van der Waals surface area contributed by atoms with Gasteiger partial charge in [-0.25, -0.2) is 0 Å². The van der Waals surface area contributed by atoms with Crippen molar-refractivity contribution in [3.63, 3.8) is 0 Å². The molecule has 6 heteroatoms. The molecule has 1 aliphatic carbocycles. The lowest BCUT2D eigenvalue weighted by Crippen LogP contribution is -2.21. The van der Waals surface area contributed by atoms with Gasteiger partial charge < -0.3 is 19.5 Å². The van der Waals surface area contributed by atoms with Crippen LogP contribution in [0.2, 0.25) is 0 Å². The van der Waals surface area contributed by atoms with E-state index in [1.54, 1.807) is 18.2 Å². The summed E-state index contributed by atoms with van der Waals surface area (Å²) in [5.74, 6) is 0.629. The van der Waals surface area contributed by atoms with Gasteiger partial charge in [-0.15, -0.1) is 0 Å². The summed E-state index contributed by atoms with van der Waals surface area (Å²) in [5.41, 5.74) is 0.590. The molecule has 3 rings (SSSR count). The number of carbonyl (C=O) groups excluding carboxylic acids is 2. The smallest absolute Gasteiger partial charge is 0.309 e. The third-order valence-corrected chi connectivity index (χ3v) is 3.29. The molecule has 0 atom stereocenters. The number of amides is 1. The topological polar surface area (TPSA) is 73.9 Å². The average Bonchev–Trinajstić information content (AvgIpc) is 3.31. The fraction of sp³-hybridized carbons (Fsp3) is 0.467. The summed E-state index contributed by atoms with van der Waals surface area (Å²) in [6.07, 6.45) is 2.55. The third kappa shape index (κ3) is 3.65. The van der Waals surface area contributed by atoms with Gasteiger partial charge in [0.25, 0.3) is 5.91 Å². The van der Waals surface area contributed by atoms with Crippen molar-refractivity contribution in [2.24, 2.45) is 5.92 Å². The number of hydrogen-bond donors (Lipinski definition) is 1. The number of anilines is 1. The Kier molecular flexibility index (Phi) is 3.94. The van der Waals surface area contributed by atoms with Crippen LogP contribution in [0, 0.1) is 5.92 Å². The van der Waals surface area contributed by atoms with E-state index in [1.165, 1.54) is 0 Å². The Morgan fingerprint density at radius 3 is 2.71 bits per heavy atom. The maximum absolute atomic E-state index is 11.7. The van der Waals surface area contributed by atoms with E-state index in [9.17, 15) is 9.59 Å². The summed E-state index contributed by atoms with van der Waals surface area (Å²) >= 11 is 0. The van der Waals surface area contributed by atoms with Crippen LogP contribution in [0.25, 0.3) is 0 Å². The molecule has 0 spiro atoms. The summed E-state index contributed by atoms with van der Waals surface area (Å²) in [7, 11) is 0. The average molecular weight is 291 g/mol. The normalized spacial score (nSPS) is 16.8. The van der Waals surface area contributed by atoms with Gasteiger partial charge in [-0.1, -0.05) is 0 Å². The Balaban J connectivity index is 1.55. The molecule has 6 nitrogen and oxygen atoms in total. The molecule has 112 valence electrons. The van der Waals surface area contributed by atoms with Crippen LogP contribution >= 0.6 is 0 Å². The minimum atomic E-state index is -0.363. The predicted octanol–water partition coefficient (Wildman–Crippen LogP) is 1.74. The summed E-state index contributed by atoms with van der Waals surface area (Å²) < 4.78 is 16.0. The quantitative estimate of drug-likeness (QED) is 0.855. The number of carbonyl (C=O) groups is 2. The van der Waals surface area contributed by atoms with Crippen LogP contribution in [0.5, 0.6) is 11.5 Å². The first-order valence-electron chi connectivity index (χ1n) is 7.08. The van der Waals surface area contributed by atoms with Crippen LogP contribution < -0.4 is 14.8 Å². The van der Waals surface area contributed by atoms with Gasteiger partial charge in [0.2, 0.25) is 0 Å². The Labute approximate surface area is 122 Å². The Bertz CT molecular complexity index is 553. The maximum Gasteiger partial charge on any atom is 0.309 e. The lowest BCUT2D eigenvalue weighted by Gasteiger charge is -2.10. The molecule has 1 heterocycles. The molecule has 1 aromatic rings. The number of hydrogen-bond acceptors (Lipinski definition) is 5. The number of fused-ring (bicyclic) bond motifs is 1. The van der Waals surface area contributed by atoms with Gasteiger partial charge in [0, 0.05) is 18.2 Å². The van der Waals surface area contributed by atoms with Gasteiger partial charge in [0.15, 0.2) is 18.1 Å². The van der Waals surface area contributed by atoms with Crippen LogP contribution in [-0.4, -0.2) is 31.7 Å². The van der Waals surface area contributed by atoms with Crippen LogP contribution in [-0.2, 0) is 14.3 Å². The molecule has 0 aromatic heterocycles. The number of esters is 1. The van der Waals surface area contributed by atoms with Crippen molar-refractivity contribution in [3.8, 4) is 11.5 Å². The van der Waals surface area contributed by atoms with Crippen LogP contribution in [0.4, 0.5) is 5.69 Å². The van der Waals surface area contributed by atoms with E-state index < -0.39 is 0 Å². The Morgan fingerprint density at radius 2 is 1.95 bits per heavy atom. The molecule has 1 saturated carbocycles. The van der Waals surface area contributed by atoms with Crippen LogP contribution in [0.1, 0.15) is 19.3 Å². The molecule has 1 N–H and O–H groups in total. The predicted molar refractivity (Wildman–Crippen MR) is 74.4 cm³/mol. The SMILES string of the molecule is O=C(COC(=O)C1CC1)Nc1ccc2c(c1)OCCCO2. The van der Waals surface area contributed by atoms with Gasteiger partial charge >= 0.3 is 5.97 Å². The van der Waals surface area contributed by atoms with Crippen molar-refractivity contribution >= 4 is 17.6 Å². The van der Waals surface area contributed by atoms with E-state index in [-0.39, 0.29) is 24.4 Å². The minimum absolute atomic E-state index is 0.00385. The second kappa shape index (κ2) is 6.03. The summed E-state index contributed by atoms with van der Waals surface area (Å²) in [4.78, 5) is 23.1. The molecular weight excluding hydrogens is 274 g/mol. The van der Waals surface area contributed by atoms with E-state index in [0.717, 1.165) is 19.3 Å². The molecule has 0 bridgehead atoms. The lowest BCUT2D eigenvalue weighted by atomic mass is 10.2. The number of nitrogens with one attached hydrogen (secondary N) is 1. The van der Waals surface area contributed by atoms with E-state index in [2.05, 4.69) is 5.32 Å². The molecule has 0 saturated heterocycles. The van der Waals surface area contributed by atoms with Crippen LogP contribution in [0.3, 0.4) is 0 Å². The van der Waals surface area contributed by atoms with E-state index >= 15 is 0 Å². The zero-order chi connectivity index (χ0) is 14.7. The summed E-state index contributed by atoms with van der Waals surface area (Å²) in [5, 5.41) is 2.68. The standard InChI is InChI=1S/C15H17NO5/c17-14(9-21-15(18)10-2-3-10)16-11-4-5-12-13(8-11)20-7-1-6-19-12/h4-5,8,10H,1-3,6-7,9H2,(H,16,17). The van der Waals surface area contributed by atoms with E-state index in [4.69, 9.17) is 14.2 Å². The third-order valence-electron chi connectivity index (χ3n) is 3.29. The van der Waals surface area contributed by atoms with Crippen molar-refractivity contribution in [2.45, 2.75) is 19.3 Å². The number of benzene rings is 1. The maximum atomic E-state index is 11.7. The van der Waals surface area contributed by atoms with Gasteiger partial charge in [-0.05, 0) is 25.0 Å². The fourth-order valence-corrected chi connectivity index (χ4v) is 2.01. The van der Waals surface area contributed by atoms with Gasteiger partial charge in [-0.2, -0.15) is 0 Å². The first-order chi connectivity index (χ1) is 10.2. The van der Waals surface area contributed by atoms with Crippen LogP contribution in [0.15, 0.2) is 18.2 Å². The molecule has 21 heavy (non-hydrogen) atoms. The number of rotatable bonds is 4. The molecule has 0 radical (unpaired) electrons. The van der Waals surface area contributed by atoms with Crippen molar-refractivity contribution < 1.29 is 23.8 Å². The Hall–Kier alpha value is -2.24. The second-order valence-corrected chi connectivity index (χ2v) is 5.14. The van der Waals surface area contributed by atoms with Gasteiger partial charge in [0.05, 0.1) is 19.1 Å². The molecule has 0 unspecified atom stereocenters. The highest BCUT2D eigenvalue weighted by Gasteiger charge is 2.31. The van der Waals surface area contributed by atoms with Gasteiger partial charge in [-0.3, -0.25) is 9.59 Å². The fourth-order valence-electron chi connectivity index (χ4n) is 2.01. The first kappa shape index (κ1) is 13.7. The zero-order valence-electron chi connectivity index (χ0n) is 11.6. The monoisotopic (exact) mass is 291 g/mol. The highest BCUT2D eigenvalue weighted by Crippen LogP contribution is 2.32. The highest BCUT2D eigenvalue weighted by molar-refractivity contribution is 5.93. The van der Waals surface area contributed by atoms with Crippen molar-refractivity contribution in [3.05, 3.63) is 18.2 Å². The van der Waals surface area contributed by atoms with Gasteiger partial charge in [0.1, 0.15) is 0 Å². The summed E-state index contributed by atoms with van der Waals surface area (Å²) in [6.45, 7) is 0.947. The summed E-state index contributed by atoms with van der Waals surface area (Å²) in [6, 6.07) is 5.20. The molecule has 1 fully saturated rings. The number of ether oxygens (including phenoxy) is 3. The lowest BCUT2D eigenvalue weighted by molar-refractivity contribution is -0.148. The molecule has 2 aliphatic rings. The molecule has 1 amide bonds. The van der Waals surface area contributed by atoms with Crippen molar-refractivity contribution in [2.75, 3.05) is 25.1 Å². The molecule has 1 aromatic carbocycles. The largest absolute Gasteiger partial charge is 0.490 e. The molecule has 1 aliphatic heterocycles. The highest BCUT2D eigenvalue weighted by atomic mass is 16.5. The van der Waals surface area contributed by atoms with E-state index in [1.807, 2.05) is 0 Å². The Morgan fingerprint density at radius 1 is 1.19 bits per heavy atom.